The van der Waals surface area contributed by atoms with E-state index in [1.54, 1.807) is 31.2 Å². The van der Waals surface area contributed by atoms with Gasteiger partial charge >= 0.3 is 0 Å². The molecule has 1 aromatic carbocycles. The molecule has 0 radical (unpaired) electrons. The van der Waals surface area contributed by atoms with Gasteiger partial charge in [-0.2, -0.15) is 0 Å². The van der Waals surface area contributed by atoms with Crippen molar-refractivity contribution >= 4 is 21.8 Å². The third-order valence-corrected chi connectivity index (χ3v) is 4.59. The van der Waals surface area contributed by atoms with Crippen molar-refractivity contribution in [2.75, 3.05) is 46.9 Å². The third-order valence-electron chi connectivity index (χ3n) is 3.66. The number of likely N-dealkylation sites (N-methyl/N-ethyl adjacent to an activating group) is 1. The van der Waals surface area contributed by atoms with E-state index >= 15 is 0 Å². The maximum atomic E-state index is 11.9. The van der Waals surface area contributed by atoms with Crippen LogP contribution in [0.15, 0.2) is 29.2 Å². The molecule has 1 rings (SSSR count). The minimum Gasteiger partial charge on any atom is -0.385 e. The molecule has 27 heavy (non-hydrogen) atoms. The first-order chi connectivity index (χ1) is 12.7. The molecule has 0 atom stereocenters. The van der Waals surface area contributed by atoms with Crippen molar-refractivity contribution in [3.05, 3.63) is 29.8 Å². The summed E-state index contributed by atoms with van der Waals surface area (Å²) in [5.41, 5.74) is 0.881. The van der Waals surface area contributed by atoms with Crippen LogP contribution in [0.1, 0.15) is 12.0 Å². The summed E-state index contributed by atoms with van der Waals surface area (Å²) in [7, 11) is -0.400. The number of hydrogen-bond acceptors (Lipinski definition) is 6. The molecule has 0 aliphatic heterocycles. The summed E-state index contributed by atoms with van der Waals surface area (Å²) in [5.74, 6) is -0.331. The van der Waals surface area contributed by atoms with Gasteiger partial charge in [0, 0.05) is 26.8 Å². The van der Waals surface area contributed by atoms with Crippen LogP contribution in [0.2, 0.25) is 0 Å². The van der Waals surface area contributed by atoms with Gasteiger partial charge in [0.05, 0.1) is 18.0 Å². The average molecular weight is 401 g/mol. The maximum Gasteiger partial charge on any atom is 0.238 e. The average Bonchev–Trinajstić information content (AvgIpc) is 2.58. The number of rotatable bonds is 12. The minimum atomic E-state index is -3.70. The van der Waals surface area contributed by atoms with E-state index in [0.717, 1.165) is 12.0 Å². The second kappa shape index (κ2) is 11.7. The number of carbonyl (C=O) groups excluding carboxylic acids is 2. The van der Waals surface area contributed by atoms with Crippen LogP contribution in [0.25, 0.3) is 0 Å². The number of nitrogens with two attached hydrogens (primary N) is 1. The highest BCUT2D eigenvalue weighted by Gasteiger charge is 2.10. The van der Waals surface area contributed by atoms with Crippen LogP contribution in [-0.4, -0.2) is 72.1 Å². The molecule has 0 saturated heterocycles. The predicted octanol–water partition coefficient (Wildman–Crippen LogP) is -0.923. The van der Waals surface area contributed by atoms with Gasteiger partial charge in [0.25, 0.3) is 0 Å². The Morgan fingerprint density at radius 1 is 1.07 bits per heavy atom. The molecule has 0 fully saturated rings. The number of amides is 2. The van der Waals surface area contributed by atoms with Crippen molar-refractivity contribution in [1.29, 1.82) is 0 Å². The number of ether oxygens (including phenoxy) is 1. The molecule has 0 aliphatic rings. The summed E-state index contributed by atoms with van der Waals surface area (Å²) < 4.78 is 27.3. The molecule has 2 amide bonds. The molecule has 0 saturated carbocycles. The monoisotopic (exact) mass is 400 g/mol. The van der Waals surface area contributed by atoms with Crippen molar-refractivity contribution in [3.8, 4) is 0 Å². The molecule has 0 spiro atoms. The quantitative estimate of drug-likeness (QED) is 0.389. The van der Waals surface area contributed by atoms with Gasteiger partial charge in [-0.15, -0.1) is 0 Å². The van der Waals surface area contributed by atoms with E-state index in [2.05, 4.69) is 10.6 Å². The summed E-state index contributed by atoms with van der Waals surface area (Å²) in [5, 5.41) is 10.6. The predicted molar refractivity (Wildman–Crippen MR) is 102 cm³/mol. The van der Waals surface area contributed by atoms with Crippen LogP contribution in [-0.2, 0) is 30.8 Å². The fourth-order valence-electron chi connectivity index (χ4n) is 2.29. The van der Waals surface area contributed by atoms with E-state index in [-0.39, 0.29) is 29.8 Å². The lowest BCUT2D eigenvalue weighted by Gasteiger charge is -2.16. The lowest BCUT2D eigenvalue weighted by atomic mass is 10.1. The minimum absolute atomic E-state index is 0.0532. The highest BCUT2D eigenvalue weighted by Crippen LogP contribution is 2.08. The van der Waals surface area contributed by atoms with E-state index in [1.807, 2.05) is 0 Å². The first-order valence-corrected chi connectivity index (χ1v) is 10.1. The molecule has 0 aliphatic carbocycles. The number of sulfonamides is 1. The molecule has 0 heterocycles. The summed E-state index contributed by atoms with van der Waals surface area (Å²) in [6.45, 7) is 1.77. The number of carbonyl (C=O) groups is 2. The third kappa shape index (κ3) is 10.0. The molecule has 0 aromatic heterocycles. The number of primary sulfonamides is 1. The van der Waals surface area contributed by atoms with Crippen LogP contribution < -0.4 is 15.8 Å². The van der Waals surface area contributed by atoms with Crippen LogP contribution in [0, 0.1) is 0 Å². The van der Waals surface area contributed by atoms with E-state index in [1.165, 1.54) is 12.1 Å². The smallest absolute Gasteiger partial charge is 0.238 e. The fourth-order valence-corrected chi connectivity index (χ4v) is 2.81. The van der Waals surface area contributed by atoms with Crippen molar-refractivity contribution in [2.45, 2.75) is 17.7 Å². The Morgan fingerprint density at radius 2 is 1.63 bits per heavy atom. The topological polar surface area (TPSA) is 131 Å². The molecule has 4 N–H and O–H groups in total. The highest BCUT2D eigenvalue weighted by molar-refractivity contribution is 7.89. The summed E-state index contributed by atoms with van der Waals surface area (Å²) >= 11 is 0. The fraction of sp³-hybridized carbons (Fsp3) is 0.529. The second-order valence-electron chi connectivity index (χ2n) is 6.16. The van der Waals surface area contributed by atoms with Crippen molar-refractivity contribution in [1.82, 2.24) is 15.5 Å². The number of nitrogens with one attached hydrogen (secondary N) is 2. The zero-order chi connectivity index (χ0) is 20.3. The zero-order valence-electron chi connectivity index (χ0n) is 15.7. The number of methoxy groups -OCH3 is 1. The summed E-state index contributed by atoms with van der Waals surface area (Å²) in [6, 6.07) is 6.19. The largest absolute Gasteiger partial charge is 0.385 e. The zero-order valence-corrected chi connectivity index (χ0v) is 16.5. The Bertz CT molecular complexity index is 707. The van der Waals surface area contributed by atoms with Crippen LogP contribution >= 0.6 is 0 Å². The molecule has 0 unspecified atom stereocenters. The van der Waals surface area contributed by atoms with E-state index < -0.39 is 10.0 Å². The Kier molecular flexibility index (Phi) is 9.94. The van der Waals surface area contributed by atoms with Gasteiger partial charge in [-0.05, 0) is 37.6 Å². The molecule has 9 nitrogen and oxygen atoms in total. The Balaban J connectivity index is 2.25. The van der Waals surface area contributed by atoms with Crippen LogP contribution in [0.5, 0.6) is 0 Å². The standard InChI is InChI=1S/C17H28N4O5S/c1-21(12-16(22)19-9-3-11-26-2)13-17(23)20-10-8-14-4-6-15(7-5-14)27(18,24)25/h4-7H,3,8-13H2,1-2H3,(H,19,22)(H,20,23)(H2,18,24,25). The van der Waals surface area contributed by atoms with Crippen LogP contribution in [0.4, 0.5) is 0 Å². The first-order valence-electron chi connectivity index (χ1n) is 8.55. The first kappa shape index (κ1) is 23.0. The molecular formula is C17H28N4O5S. The van der Waals surface area contributed by atoms with Gasteiger partial charge in [-0.1, -0.05) is 12.1 Å². The Morgan fingerprint density at radius 3 is 2.15 bits per heavy atom. The lowest BCUT2D eigenvalue weighted by molar-refractivity contribution is -0.124. The van der Waals surface area contributed by atoms with Gasteiger partial charge in [0.1, 0.15) is 0 Å². The normalized spacial score (nSPS) is 11.4. The van der Waals surface area contributed by atoms with Crippen LogP contribution in [0.3, 0.4) is 0 Å². The highest BCUT2D eigenvalue weighted by atomic mass is 32.2. The van der Waals surface area contributed by atoms with Crippen molar-refractivity contribution < 1.29 is 22.7 Å². The van der Waals surface area contributed by atoms with Crippen molar-refractivity contribution in [2.24, 2.45) is 5.14 Å². The van der Waals surface area contributed by atoms with E-state index in [4.69, 9.17) is 9.88 Å². The van der Waals surface area contributed by atoms with Gasteiger partial charge in [0.2, 0.25) is 21.8 Å². The maximum absolute atomic E-state index is 11.9. The lowest BCUT2D eigenvalue weighted by Crippen LogP contribution is -2.41. The molecular weight excluding hydrogens is 372 g/mol. The van der Waals surface area contributed by atoms with Crippen molar-refractivity contribution in [3.63, 3.8) is 0 Å². The molecule has 10 heteroatoms. The molecule has 0 bridgehead atoms. The second-order valence-corrected chi connectivity index (χ2v) is 7.72. The van der Waals surface area contributed by atoms with E-state index in [0.29, 0.717) is 26.1 Å². The van der Waals surface area contributed by atoms with Gasteiger partial charge in [0.15, 0.2) is 0 Å². The Hall–Kier alpha value is -2.01. The van der Waals surface area contributed by atoms with Gasteiger partial charge in [-0.25, -0.2) is 13.6 Å². The SMILES string of the molecule is COCCCNC(=O)CN(C)CC(=O)NCCc1ccc(S(N)(=O)=O)cc1. The summed E-state index contributed by atoms with van der Waals surface area (Å²) in [4.78, 5) is 25.3. The molecule has 1 aromatic rings. The number of hydrogen-bond donors (Lipinski definition) is 3. The number of nitrogens with zero attached hydrogens (tertiary/aromatic N) is 1. The molecule has 152 valence electrons. The van der Waals surface area contributed by atoms with Gasteiger partial charge in [-0.3, -0.25) is 14.5 Å². The van der Waals surface area contributed by atoms with Gasteiger partial charge < -0.3 is 15.4 Å². The Labute approximate surface area is 160 Å². The van der Waals surface area contributed by atoms with E-state index in [9.17, 15) is 18.0 Å². The summed E-state index contributed by atoms with van der Waals surface area (Å²) in [6.07, 6.45) is 1.30. The number of benzene rings is 1.